The Morgan fingerprint density at radius 2 is 1.67 bits per heavy atom. The number of rotatable bonds is 2. The summed E-state index contributed by atoms with van der Waals surface area (Å²) in [4.78, 5) is 6.93. The lowest BCUT2D eigenvalue weighted by Gasteiger charge is -2.28. The maximum absolute atomic E-state index is 13.3. The Balaban J connectivity index is 1.90. The molecule has 1 saturated heterocycles. The van der Waals surface area contributed by atoms with Gasteiger partial charge < -0.3 is 9.47 Å². The number of aryl methyl sites for hydroxylation is 1. The zero-order valence-corrected chi connectivity index (χ0v) is 12.3. The number of hydrogen-bond donors (Lipinski definition) is 0. The number of piperidine rings is 1. The monoisotopic (exact) mass is 291 g/mol. The van der Waals surface area contributed by atoms with Crippen molar-refractivity contribution in [3.05, 3.63) is 41.9 Å². The molecule has 0 N–H and O–H groups in total. The lowest BCUT2D eigenvalue weighted by atomic mass is 9.96. The summed E-state index contributed by atoms with van der Waals surface area (Å²) in [6, 6.07) is 3.53. The molecule has 1 aromatic carbocycles. The third-order valence-electron chi connectivity index (χ3n) is 4.15. The number of aromatic nitrogens is 2. The fraction of sp³-hybridized carbons (Fsp3) is 0.438. The van der Waals surface area contributed by atoms with E-state index in [1.165, 1.54) is 12.1 Å². The van der Waals surface area contributed by atoms with Gasteiger partial charge in [-0.3, -0.25) is 0 Å². The lowest BCUT2D eigenvalue weighted by Crippen LogP contribution is -2.30. The van der Waals surface area contributed by atoms with E-state index in [0.717, 1.165) is 37.8 Å². The summed E-state index contributed by atoms with van der Waals surface area (Å²) in [6.07, 6.45) is 3.98. The normalized spacial score (nSPS) is 17.3. The van der Waals surface area contributed by atoms with E-state index >= 15 is 0 Å². The fourth-order valence-electron chi connectivity index (χ4n) is 2.97. The largest absolute Gasteiger partial charge is 0.337 e. The molecular weight excluding hydrogens is 272 g/mol. The zero-order valence-electron chi connectivity index (χ0n) is 12.3. The number of hydrogen-bond acceptors (Lipinski definition) is 2. The van der Waals surface area contributed by atoms with Crippen molar-refractivity contribution in [1.82, 2.24) is 14.5 Å². The van der Waals surface area contributed by atoms with Crippen molar-refractivity contribution in [3.63, 3.8) is 0 Å². The van der Waals surface area contributed by atoms with Crippen LogP contribution < -0.4 is 0 Å². The Bertz CT molecular complexity index is 623. The van der Waals surface area contributed by atoms with Crippen LogP contribution in [0.25, 0.3) is 11.3 Å². The van der Waals surface area contributed by atoms with Crippen molar-refractivity contribution >= 4 is 0 Å². The van der Waals surface area contributed by atoms with Crippen LogP contribution in [-0.2, 0) is 7.05 Å². The second-order valence-corrected chi connectivity index (χ2v) is 5.83. The zero-order chi connectivity index (χ0) is 15.0. The van der Waals surface area contributed by atoms with Crippen LogP contribution >= 0.6 is 0 Å². The second-order valence-electron chi connectivity index (χ2n) is 5.83. The van der Waals surface area contributed by atoms with Gasteiger partial charge in [0.25, 0.3) is 0 Å². The molecule has 0 spiro atoms. The van der Waals surface area contributed by atoms with Gasteiger partial charge in [-0.15, -0.1) is 0 Å². The lowest BCUT2D eigenvalue weighted by molar-refractivity contribution is 0.249. The molecule has 0 amide bonds. The third kappa shape index (κ3) is 2.97. The average molecular weight is 291 g/mol. The Kier molecular flexibility index (Phi) is 3.76. The minimum absolute atomic E-state index is 0.415. The quantitative estimate of drug-likeness (QED) is 0.847. The molecule has 0 atom stereocenters. The molecule has 1 aromatic heterocycles. The van der Waals surface area contributed by atoms with E-state index in [1.54, 1.807) is 0 Å². The van der Waals surface area contributed by atoms with Gasteiger partial charge in [-0.2, -0.15) is 0 Å². The molecule has 0 aliphatic carbocycles. The Morgan fingerprint density at radius 1 is 1.05 bits per heavy atom. The van der Waals surface area contributed by atoms with Crippen LogP contribution in [0.15, 0.2) is 24.4 Å². The molecular formula is C16H19F2N3. The highest BCUT2D eigenvalue weighted by Crippen LogP contribution is 2.29. The summed E-state index contributed by atoms with van der Waals surface area (Å²) in [5.41, 5.74) is 1.12. The molecule has 1 fully saturated rings. The summed E-state index contributed by atoms with van der Waals surface area (Å²) < 4.78 is 28.7. The highest BCUT2D eigenvalue weighted by Gasteiger charge is 2.22. The Hall–Kier alpha value is -1.75. The van der Waals surface area contributed by atoms with E-state index in [1.807, 2.05) is 17.8 Å². The predicted octanol–water partition coefficient (Wildman–Crippen LogP) is 3.17. The van der Waals surface area contributed by atoms with Crippen LogP contribution in [0.2, 0.25) is 0 Å². The van der Waals surface area contributed by atoms with Crippen LogP contribution in [0.1, 0.15) is 24.6 Å². The van der Waals surface area contributed by atoms with Crippen molar-refractivity contribution in [2.45, 2.75) is 18.8 Å². The summed E-state index contributed by atoms with van der Waals surface area (Å²) in [5.74, 6) is 0.272. The highest BCUT2D eigenvalue weighted by atomic mass is 19.1. The van der Waals surface area contributed by atoms with E-state index in [-0.39, 0.29) is 0 Å². The highest BCUT2D eigenvalue weighted by molar-refractivity contribution is 5.59. The number of halogens is 2. The minimum atomic E-state index is -0.573. The summed E-state index contributed by atoms with van der Waals surface area (Å²) in [5, 5.41) is 0. The number of imidazole rings is 1. The fourth-order valence-corrected chi connectivity index (χ4v) is 2.97. The van der Waals surface area contributed by atoms with Crippen molar-refractivity contribution in [3.8, 4) is 11.3 Å². The number of nitrogens with zero attached hydrogens (tertiary/aromatic N) is 3. The molecule has 0 unspecified atom stereocenters. The summed E-state index contributed by atoms with van der Waals surface area (Å²) in [6.45, 7) is 2.11. The van der Waals surface area contributed by atoms with Gasteiger partial charge in [-0.05, 0) is 45.1 Å². The van der Waals surface area contributed by atoms with E-state index in [4.69, 9.17) is 0 Å². The van der Waals surface area contributed by atoms with E-state index < -0.39 is 11.6 Å². The van der Waals surface area contributed by atoms with Crippen molar-refractivity contribution < 1.29 is 8.78 Å². The van der Waals surface area contributed by atoms with Crippen molar-refractivity contribution in [2.75, 3.05) is 20.1 Å². The van der Waals surface area contributed by atoms with Gasteiger partial charge >= 0.3 is 0 Å². The molecule has 112 valence electrons. The maximum Gasteiger partial charge on any atom is 0.126 e. The molecule has 3 nitrogen and oxygen atoms in total. The van der Waals surface area contributed by atoms with Crippen LogP contribution in [0.5, 0.6) is 0 Å². The molecule has 0 radical (unpaired) electrons. The van der Waals surface area contributed by atoms with Gasteiger partial charge in [0.1, 0.15) is 17.5 Å². The molecule has 1 aliphatic rings. The number of likely N-dealkylation sites (tertiary alicyclic amines) is 1. The maximum atomic E-state index is 13.3. The molecule has 1 aliphatic heterocycles. The first-order valence-corrected chi connectivity index (χ1v) is 7.21. The molecule has 5 heteroatoms. The molecule has 0 bridgehead atoms. The van der Waals surface area contributed by atoms with Crippen molar-refractivity contribution in [1.29, 1.82) is 0 Å². The van der Waals surface area contributed by atoms with Crippen molar-refractivity contribution in [2.24, 2.45) is 7.05 Å². The molecule has 2 heterocycles. The molecule has 3 rings (SSSR count). The van der Waals surface area contributed by atoms with Crippen LogP contribution in [0, 0.1) is 11.6 Å². The average Bonchev–Trinajstić information content (AvgIpc) is 2.81. The van der Waals surface area contributed by atoms with Gasteiger partial charge in [0.15, 0.2) is 0 Å². The van der Waals surface area contributed by atoms with Gasteiger partial charge in [-0.1, -0.05) is 0 Å². The molecule has 0 saturated carbocycles. The Morgan fingerprint density at radius 3 is 2.29 bits per heavy atom. The van der Waals surface area contributed by atoms with E-state index in [2.05, 4.69) is 16.9 Å². The summed E-state index contributed by atoms with van der Waals surface area (Å²) in [7, 11) is 4.06. The number of benzene rings is 1. The van der Waals surface area contributed by atoms with Crippen LogP contribution in [-0.4, -0.2) is 34.6 Å². The Labute approximate surface area is 123 Å². The summed E-state index contributed by atoms with van der Waals surface area (Å²) >= 11 is 0. The van der Waals surface area contributed by atoms with Gasteiger partial charge in [0.05, 0.1) is 5.69 Å². The standard InChI is InChI=1S/C16H19F2N3/c1-20-5-3-11(4-6-20)16-19-15(10-21(16)2)12-7-13(17)9-14(18)8-12/h7-11H,3-6H2,1-2H3. The van der Waals surface area contributed by atoms with Crippen LogP contribution in [0.4, 0.5) is 8.78 Å². The SMILES string of the molecule is CN1CCC(c2nc(-c3cc(F)cc(F)c3)cn2C)CC1. The van der Waals surface area contributed by atoms with Crippen LogP contribution in [0.3, 0.4) is 0 Å². The first kappa shape index (κ1) is 14.2. The van der Waals surface area contributed by atoms with E-state index in [9.17, 15) is 8.78 Å². The van der Waals surface area contributed by atoms with Gasteiger partial charge in [0.2, 0.25) is 0 Å². The minimum Gasteiger partial charge on any atom is -0.337 e. The first-order valence-electron chi connectivity index (χ1n) is 7.21. The van der Waals surface area contributed by atoms with E-state index in [0.29, 0.717) is 17.2 Å². The molecule has 2 aromatic rings. The topological polar surface area (TPSA) is 21.1 Å². The second kappa shape index (κ2) is 5.56. The van der Waals surface area contributed by atoms with Gasteiger partial charge in [-0.25, -0.2) is 13.8 Å². The molecule has 21 heavy (non-hydrogen) atoms. The van der Waals surface area contributed by atoms with Gasteiger partial charge in [0, 0.05) is 30.8 Å². The predicted molar refractivity (Wildman–Crippen MR) is 78.0 cm³/mol. The smallest absolute Gasteiger partial charge is 0.126 e. The third-order valence-corrected chi connectivity index (χ3v) is 4.15. The first-order chi connectivity index (χ1) is 10.0.